The molecule has 0 spiro atoms. The second kappa shape index (κ2) is 6.00. The normalized spacial score (nSPS) is 30.3. The maximum atomic E-state index is 11.0. The molecule has 0 aliphatic heterocycles. The van der Waals surface area contributed by atoms with E-state index in [2.05, 4.69) is 54.6 Å². The molecule has 1 N–H and O–H groups in total. The third-order valence-electron chi connectivity index (χ3n) is 8.74. The molecule has 3 aromatic carbocycles. The van der Waals surface area contributed by atoms with Gasteiger partial charge in [0.15, 0.2) is 0 Å². The van der Waals surface area contributed by atoms with Crippen LogP contribution in [0, 0.1) is 17.8 Å². The van der Waals surface area contributed by atoms with Crippen molar-refractivity contribution in [2.75, 3.05) is 0 Å². The van der Waals surface area contributed by atoms with E-state index in [-0.39, 0.29) is 5.41 Å². The van der Waals surface area contributed by atoms with Gasteiger partial charge in [-0.05, 0) is 114 Å². The fraction of sp³-hybridized carbons (Fsp3) is 0.379. The van der Waals surface area contributed by atoms with Crippen molar-refractivity contribution in [2.45, 2.75) is 50.4 Å². The first-order chi connectivity index (χ1) is 14.7. The predicted molar refractivity (Wildman–Crippen MR) is 122 cm³/mol. The topological polar surface area (TPSA) is 20.2 Å². The van der Waals surface area contributed by atoms with Gasteiger partial charge in [-0.2, -0.15) is 0 Å². The smallest absolute Gasteiger partial charge is 0.119 e. The van der Waals surface area contributed by atoms with Crippen LogP contribution in [0.5, 0.6) is 5.75 Å². The molecule has 0 amide bonds. The molecule has 0 aromatic heterocycles. The molecule has 4 fully saturated rings. The molecule has 0 saturated heterocycles. The minimum Gasteiger partial charge on any atom is -0.508 e. The molecule has 150 valence electrons. The summed E-state index contributed by atoms with van der Waals surface area (Å²) < 4.78 is 0. The van der Waals surface area contributed by atoms with Gasteiger partial charge in [0.1, 0.15) is 5.75 Å². The molecule has 0 heterocycles. The number of rotatable bonds is 2. The van der Waals surface area contributed by atoms with E-state index in [9.17, 15) is 5.11 Å². The fourth-order valence-corrected chi connectivity index (χ4v) is 8.00. The Balaban J connectivity index is 1.38. The molecule has 4 bridgehead atoms. The van der Waals surface area contributed by atoms with Crippen LogP contribution in [0.15, 0.2) is 60.7 Å². The van der Waals surface area contributed by atoms with E-state index in [1.807, 2.05) is 6.07 Å². The largest absolute Gasteiger partial charge is 0.508 e. The molecule has 1 nitrogen and oxygen atoms in total. The second-order valence-corrected chi connectivity index (χ2v) is 10.6. The summed E-state index contributed by atoms with van der Waals surface area (Å²) in [6.07, 6.45) is 9.18. The lowest BCUT2D eigenvalue weighted by Crippen LogP contribution is -2.48. The zero-order valence-corrected chi connectivity index (χ0v) is 17.4. The van der Waals surface area contributed by atoms with E-state index >= 15 is 0 Å². The minimum absolute atomic E-state index is 0.213. The summed E-state index contributed by atoms with van der Waals surface area (Å²) in [5, 5.41) is 11.0. The number of hydrogen-bond donors (Lipinski definition) is 1. The standard InChI is InChI=1S/C29H28O/c30-27-9-8-22(14-26(27)29-15-18-10-19(16-29)12-20(11-18)17-29)25-7-3-5-23-13-21-4-1-2-6-24(21)28(23)25/h1-9,14,18-20,30H,10-13,15-17H2. The van der Waals surface area contributed by atoms with Gasteiger partial charge in [0, 0.05) is 5.56 Å². The maximum absolute atomic E-state index is 11.0. The highest BCUT2D eigenvalue weighted by Gasteiger charge is 2.52. The predicted octanol–water partition coefficient (Wildman–Crippen LogP) is 7.10. The summed E-state index contributed by atoms with van der Waals surface area (Å²) in [5.41, 5.74) is 9.68. The second-order valence-electron chi connectivity index (χ2n) is 10.6. The van der Waals surface area contributed by atoms with Crippen LogP contribution >= 0.6 is 0 Å². The van der Waals surface area contributed by atoms with Crippen LogP contribution in [0.25, 0.3) is 22.3 Å². The van der Waals surface area contributed by atoms with Crippen molar-refractivity contribution in [1.29, 1.82) is 0 Å². The molecule has 3 aromatic rings. The summed E-state index contributed by atoms with van der Waals surface area (Å²) in [6, 6.07) is 22.1. The molecule has 0 radical (unpaired) electrons. The summed E-state index contributed by atoms with van der Waals surface area (Å²) >= 11 is 0. The van der Waals surface area contributed by atoms with Crippen molar-refractivity contribution in [3.8, 4) is 28.0 Å². The summed E-state index contributed by atoms with van der Waals surface area (Å²) in [4.78, 5) is 0. The lowest BCUT2D eigenvalue weighted by atomic mass is 9.48. The van der Waals surface area contributed by atoms with Gasteiger partial charge >= 0.3 is 0 Å². The summed E-state index contributed by atoms with van der Waals surface area (Å²) in [5.74, 6) is 3.17. The zero-order chi connectivity index (χ0) is 19.9. The lowest BCUT2D eigenvalue weighted by Gasteiger charge is -2.57. The number of fused-ring (bicyclic) bond motifs is 3. The van der Waals surface area contributed by atoms with E-state index < -0.39 is 0 Å². The first-order valence-electron chi connectivity index (χ1n) is 11.7. The Labute approximate surface area is 178 Å². The molecule has 1 heteroatoms. The van der Waals surface area contributed by atoms with Gasteiger partial charge < -0.3 is 5.11 Å². The van der Waals surface area contributed by atoms with Crippen molar-refractivity contribution >= 4 is 0 Å². The third kappa shape index (κ3) is 2.35. The van der Waals surface area contributed by atoms with Crippen LogP contribution in [0.1, 0.15) is 55.2 Å². The monoisotopic (exact) mass is 392 g/mol. The number of phenols is 1. The van der Waals surface area contributed by atoms with Crippen LogP contribution in [0.2, 0.25) is 0 Å². The molecule has 8 rings (SSSR count). The van der Waals surface area contributed by atoms with Gasteiger partial charge in [-0.15, -0.1) is 0 Å². The Morgan fingerprint density at radius 1 is 0.700 bits per heavy atom. The van der Waals surface area contributed by atoms with E-state index in [4.69, 9.17) is 0 Å². The Morgan fingerprint density at radius 2 is 1.37 bits per heavy atom. The molecule has 30 heavy (non-hydrogen) atoms. The molecule has 4 saturated carbocycles. The molecule has 5 aliphatic carbocycles. The fourth-order valence-electron chi connectivity index (χ4n) is 8.00. The van der Waals surface area contributed by atoms with Gasteiger partial charge in [0.2, 0.25) is 0 Å². The Kier molecular flexibility index (Phi) is 3.44. The summed E-state index contributed by atoms with van der Waals surface area (Å²) in [6.45, 7) is 0. The van der Waals surface area contributed by atoms with Crippen molar-refractivity contribution in [1.82, 2.24) is 0 Å². The molecule has 5 aliphatic rings. The quantitative estimate of drug-likeness (QED) is 0.386. The van der Waals surface area contributed by atoms with E-state index in [1.165, 1.54) is 77.5 Å². The van der Waals surface area contributed by atoms with Gasteiger partial charge in [0.05, 0.1) is 0 Å². The Hall–Kier alpha value is -2.54. The van der Waals surface area contributed by atoms with Crippen molar-refractivity contribution in [3.63, 3.8) is 0 Å². The summed E-state index contributed by atoms with van der Waals surface area (Å²) in [7, 11) is 0. The van der Waals surface area contributed by atoms with Gasteiger partial charge in [-0.25, -0.2) is 0 Å². The number of benzene rings is 3. The number of hydrogen-bond acceptors (Lipinski definition) is 1. The minimum atomic E-state index is 0.213. The Morgan fingerprint density at radius 3 is 2.13 bits per heavy atom. The van der Waals surface area contributed by atoms with E-state index in [0.29, 0.717) is 5.75 Å². The average molecular weight is 393 g/mol. The Bertz CT molecular complexity index is 1140. The van der Waals surface area contributed by atoms with Crippen molar-refractivity contribution < 1.29 is 5.11 Å². The molecular formula is C29H28O. The average Bonchev–Trinajstić information content (AvgIpc) is 3.12. The van der Waals surface area contributed by atoms with Crippen LogP contribution in [0.4, 0.5) is 0 Å². The van der Waals surface area contributed by atoms with Crippen LogP contribution in [-0.4, -0.2) is 5.11 Å². The maximum Gasteiger partial charge on any atom is 0.119 e. The highest BCUT2D eigenvalue weighted by Crippen LogP contribution is 2.62. The first kappa shape index (κ1) is 17.2. The van der Waals surface area contributed by atoms with Gasteiger partial charge in [-0.3, -0.25) is 0 Å². The highest BCUT2D eigenvalue weighted by molar-refractivity contribution is 5.90. The van der Waals surface area contributed by atoms with Crippen molar-refractivity contribution in [3.05, 3.63) is 77.4 Å². The highest BCUT2D eigenvalue weighted by atomic mass is 16.3. The SMILES string of the molecule is Oc1ccc(-c2cccc3c2-c2ccccc2C3)cc1C12CC3CC(CC(C3)C1)C2. The molecular weight excluding hydrogens is 364 g/mol. The van der Waals surface area contributed by atoms with Crippen LogP contribution < -0.4 is 0 Å². The van der Waals surface area contributed by atoms with Crippen LogP contribution in [0.3, 0.4) is 0 Å². The third-order valence-corrected chi connectivity index (χ3v) is 8.74. The number of aromatic hydroxyl groups is 1. The lowest BCUT2D eigenvalue weighted by molar-refractivity contribution is -0.00611. The van der Waals surface area contributed by atoms with Crippen molar-refractivity contribution in [2.24, 2.45) is 17.8 Å². The molecule has 0 unspecified atom stereocenters. The van der Waals surface area contributed by atoms with Crippen LogP contribution in [-0.2, 0) is 11.8 Å². The first-order valence-corrected chi connectivity index (χ1v) is 11.7. The van der Waals surface area contributed by atoms with E-state index in [0.717, 1.165) is 24.2 Å². The van der Waals surface area contributed by atoms with Gasteiger partial charge in [-0.1, -0.05) is 48.5 Å². The van der Waals surface area contributed by atoms with Gasteiger partial charge in [0.25, 0.3) is 0 Å². The zero-order valence-electron chi connectivity index (χ0n) is 17.4. The number of phenolic OH excluding ortho intramolecular Hbond substituents is 1. The van der Waals surface area contributed by atoms with E-state index in [1.54, 1.807) is 0 Å². The molecule has 0 atom stereocenters.